The number of hydrogen-bond acceptors (Lipinski definition) is 6. The monoisotopic (exact) mass is 496 g/mol. The molecule has 35 heavy (non-hydrogen) atoms. The Morgan fingerprint density at radius 3 is 2.57 bits per heavy atom. The second-order valence-electron chi connectivity index (χ2n) is 8.48. The number of ether oxygens (including phenoxy) is 2. The number of halogens is 1. The van der Waals surface area contributed by atoms with E-state index in [4.69, 9.17) is 21.1 Å². The van der Waals surface area contributed by atoms with E-state index in [1.807, 2.05) is 6.07 Å². The van der Waals surface area contributed by atoms with Gasteiger partial charge in [0.25, 0.3) is 11.7 Å². The van der Waals surface area contributed by atoms with Crippen molar-refractivity contribution in [2.45, 2.75) is 12.5 Å². The zero-order valence-corrected chi connectivity index (χ0v) is 20.2. The number of Topliss-reactive ketones (excluding diaryl/α,β-unsaturated/α-hetero) is 1. The highest BCUT2D eigenvalue weighted by Crippen LogP contribution is 2.40. The van der Waals surface area contributed by atoms with Crippen molar-refractivity contribution in [1.29, 1.82) is 0 Å². The molecule has 1 amide bonds. The van der Waals surface area contributed by atoms with Crippen LogP contribution in [0.5, 0.6) is 5.75 Å². The number of likely N-dealkylation sites (tertiary alicyclic amines) is 1. The van der Waals surface area contributed by atoms with Crippen LogP contribution in [-0.2, 0) is 14.3 Å². The third-order valence-corrected chi connectivity index (χ3v) is 6.41. The van der Waals surface area contributed by atoms with Crippen LogP contribution in [-0.4, -0.2) is 72.6 Å². The number of rotatable bonds is 9. The lowest BCUT2D eigenvalue weighted by atomic mass is 9.95. The van der Waals surface area contributed by atoms with Gasteiger partial charge < -0.3 is 19.5 Å². The van der Waals surface area contributed by atoms with Crippen LogP contribution in [0, 0.1) is 0 Å². The predicted molar refractivity (Wildman–Crippen MR) is 134 cm³/mol. The SMILES string of the molecule is C=CCOc1ccc(C(O)=C2C(=O)C(=O)N(CCCN3CCOCC3)[C@H]2c2cccc(Cl)c2)cc1. The molecule has 0 saturated carbocycles. The Kier molecular flexibility index (Phi) is 8.23. The molecule has 0 spiro atoms. The topological polar surface area (TPSA) is 79.3 Å². The first kappa shape index (κ1) is 25.0. The van der Waals surface area contributed by atoms with Gasteiger partial charge in [-0.05, 0) is 48.4 Å². The van der Waals surface area contributed by atoms with E-state index in [1.165, 1.54) is 0 Å². The van der Waals surface area contributed by atoms with Crippen LogP contribution >= 0.6 is 11.6 Å². The minimum absolute atomic E-state index is 0.0587. The van der Waals surface area contributed by atoms with Crippen LogP contribution < -0.4 is 4.74 Å². The van der Waals surface area contributed by atoms with Gasteiger partial charge >= 0.3 is 0 Å². The molecule has 2 fully saturated rings. The van der Waals surface area contributed by atoms with Crippen LogP contribution in [0.4, 0.5) is 0 Å². The number of amides is 1. The summed E-state index contributed by atoms with van der Waals surface area (Å²) >= 11 is 6.25. The zero-order valence-electron chi connectivity index (χ0n) is 19.5. The molecule has 1 atom stereocenters. The smallest absolute Gasteiger partial charge is 0.295 e. The van der Waals surface area contributed by atoms with Gasteiger partial charge in [0, 0.05) is 36.8 Å². The van der Waals surface area contributed by atoms with Crippen molar-refractivity contribution in [3.8, 4) is 5.75 Å². The molecule has 2 aromatic carbocycles. The van der Waals surface area contributed by atoms with Gasteiger partial charge in [-0.2, -0.15) is 0 Å². The summed E-state index contributed by atoms with van der Waals surface area (Å²) in [4.78, 5) is 30.1. The molecule has 0 radical (unpaired) electrons. The van der Waals surface area contributed by atoms with Gasteiger partial charge in [-0.1, -0.05) is 36.4 Å². The average Bonchev–Trinajstić information content (AvgIpc) is 3.13. The Hall–Kier alpha value is -3.13. The van der Waals surface area contributed by atoms with Gasteiger partial charge in [0.2, 0.25) is 0 Å². The first-order valence-electron chi connectivity index (χ1n) is 11.7. The second-order valence-corrected chi connectivity index (χ2v) is 8.92. The van der Waals surface area contributed by atoms with Gasteiger partial charge in [0.1, 0.15) is 18.1 Å². The Balaban J connectivity index is 1.64. The molecule has 2 saturated heterocycles. The Morgan fingerprint density at radius 2 is 1.89 bits per heavy atom. The number of hydrogen-bond donors (Lipinski definition) is 1. The number of nitrogens with zero attached hydrogens (tertiary/aromatic N) is 2. The van der Waals surface area contributed by atoms with E-state index in [9.17, 15) is 14.7 Å². The lowest BCUT2D eigenvalue weighted by molar-refractivity contribution is -0.140. The first-order chi connectivity index (χ1) is 17.0. The molecule has 2 aliphatic rings. The second kappa shape index (κ2) is 11.5. The van der Waals surface area contributed by atoms with Gasteiger partial charge in [0.05, 0.1) is 24.8 Å². The minimum atomic E-state index is -0.727. The fourth-order valence-corrected chi connectivity index (χ4v) is 4.64. The summed E-state index contributed by atoms with van der Waals surface area (Å²) in [6, 6.07) is 13.0. The summed E-state index contributed by atoms with van der Waals surface area (Å²) in [6.45, 7) is 8.25. The molecule has 1 N–H and O–H groups in total. The van der Waals surface area contributed by atoms with Crippen LogP contribution in [0.25, 0.3) is 5.76 Å². The van der Waals surface area contributed by atoms with Crippen LogP contribution in [0.15, 0.2) is 66.8 Å². The van der Waals surface area contributed by atoms with Crippen molar-refractivity contribution in [2.24, 2.45) is 0 Å². The number of carbonyl (C=O) groups excluding carboxylic acids is 2. The Labute approximate surface area is 210 Å². The highest BCUT2D eigenvalue weighted by Gasteiger charge is 2.45. The fraction of sp³-hybridized carbons (Fsp3) is 0.333. The molecule has 0 bridgehead atoms. The van der Waals surface area contributed by atoms with E-state index in [-0.39, 0.29) is 11.3 Å². The first-order valence-corrected chi connectivity index (χ1v) is 12.1. The van der Waals surface area contributed by atoms with Gasteiger partial charge in [-0.15, -0.1) is 0 Å². The predicted octanol–water partition coefficient (Wildman–Crippen LogP) is 4.05. The maximum absolute atomic E-state index is 13.2. The number of benzene rings is 2. The van der Waals surface area contributed by atoms with Crippen molar-refractivity contribution in [3.63, 3.8) is 0 Å². The fourth-order valence-electron chi connectivity index (χ4n) is 4.44. The van der Waals surface area contributed by atoms with Crippen molar-refractivity contribution in [1.82, 2.24) is 9.80 Å². The molecule has 7 nitrogen and oxygen atoms in total. The summed E-state index contributed by atoms with van der Waals surface area (Å²) in [5.74, 6) is -0.939. The third kappa shape index (κ3) is 5.75. The molecule has 8 heteroatoms. The molecule has 0 aromatic heterocycles. The van der Waals surface area contributed by atoms with Gasteiger partial charge in [0.15, 0.2) is 0 Å². The summed E-state index contributed by atoms with van der Waals surface area (Å²) in [5.41, 5.74) is 1.16. The molecule has 2 aromatic rings. The molecular formula is C27H29ClN2O5. The van der Waals surface area contributed by atoms with Gasteiger partial charge in [-0.25, -0.2) is 0 Å². The lowest BCUT2D eigenvalue weighted by Crippen LogP contribution is -2.38. The molecule has 2 aliphatic heterocycles. The van der Waals surface area contributed by atoms with E-state index in [2.05, 4.69) is 11.5 Å². The van der Waals surface area contributed by atoms with Crippen LogP contribution in [0.3, 0.4) is 0 Å². The minimum Gasteiger partial charge on any atom is -0.507 e. The summed E-state index contributed by atoms with van der Waals surface area (Å²) in [5, 5.41) is 11.7. The lowest BCUT2D eigenvalue weighted by Gasteiger charge is -2.29. The van der Waals surface area contributed by atoms with Crippen LogP contribution in [0.2, 0.25) is 5.02 Å². The average molecular weight is 497 g/mol. The largest absolute Gasteiger partial charge is 0.507 e. The highest BCUT2D eigenvalue weighted by molar-refractivity contribution is 6.46. The van der Waals surface area contributed by atoms with E-state index >= 15 is 0 Å². The summed E-state index contributed by atoms with van der Waals surface area (Å²) in [6.07, 6.45) is 2.33. The van der Waals surface area contributed by atoms with E-state index in [0.29, 0.717) is 54.7 Å². The van der Waals surface area contributed by atoms with E-state index in [0.717, 1.165) is 19.6 Å². The van der Waals surface area contributed by atoms with Crippen molar-refractivity contribution in [3.05, 3.63) is 82.9 Å². The number of aliphatic hydroxyl groups is 1. The maximum atomic E-state index is 13.2. The number of ketones is 1. The maximum Gasteiger partial charge on any atom is 0.295 e. The molecule has 0 aliphatic carbocycles. The molecule has 184 valence electrons. The Morgan fingerprint density at radius 1 is 1.14 bits per heavy atom. The normalized spacial score (nSPS) is 20.3. The van der Waals surface area contributed by atoms with E-state index in [1.54, 1.807) is 53.4 Å². The number of aliphatic hydroxyl groups excluding tert-OH is 1. The standard InChI is InChI=1S/C27H29ClN2O5/c1-2-15-35-22-9-7-19(8-10-22)25(31)23-24(20-5-3-6-21(28)18-20)30(27(33)26(23)32)12-4-11-29-13-16-34-17-14-29/h2-3,5-10,18,24,31H,1,4,11-17H2/t24-/m0/s1. The number of carbonyl (C=O) groups is 2. The van der Waals surface area contributed by atoms with Crippen molar-refractivity contribution in [2.75, 3.05) is 46.0 Å². The van der Waals surface area contributed by atoms with Crippen molar-refractivity contribution < 1.29 is 24.2 Å². The van der Waals surface area contributed by atoms with Crippen molar-refractivity contribution >= 4 is 29.1 Å². The van der Waals surface area contributed by atoms with E-state index < -0.39 is 17.7 Å². The molecule has 4 rings (SSSR count). The third-order valence-electron chi connectivity index (χ3n) is 6.18. The zero-order chi connectivity index (χ0) is 24.8. The Bertz CT molecular complexity index is 1110. The molecule has 2 heterocycles. The summed E-state index contributed by atoms with van der Waals surface area (Å²) in [7, 11) is 0. The molecule has 0 unspecified atom stereocenters. The highest BCUT2D eigenvalue weighted by atomic mass is 35.5. The van der Waals surface area contributed by atoms with Gasteiger partial charge in [-0.3, -0.25) is 14.5 Å². The number of morpholine rings is 1. The summed E-state index contributed by atoms with van der Waals surface area (Å²) < 4.78 is 10.9. The molecular weight excluding hydrogens is 468 g/mol. The van der Waals surface area contributed by atoms with Crippen LogP contribution in [0.1, 0.15) is 23.6 Å². The quantitative estimate of drug-likeness (QED) is 0.244.